The molecule has 148 valence electrons. The van der Waals surface area contributed by atoms with E-state index in [1.54, 1.807) is 24.0 Å². The zero-order valence-electron chi connectivity index (χ0n) is 16.0. The first kappa shape index (κ1) is 19.7. The predicted molar refractivity (Wildman–Crippen MR) is 114 cm³/mol. The smallest absolute Gasteiger partial charge is 0.338 e. The quantitative estimate of drug-likeness (QED) is 0.663. The lowest BCUT2D eigenvalue weighted by Crippen LogP contribution is -2.40. The monoisotopic (exact) mass is 426 g/mol. The van der Waals surface area contributed by atoms with Crippen LogP contribution < -0.4 is 0 Å². The molecule has 1 fully saturated rings. The van der Waals surface area contributed by atoms with Gasteiger partial charge in [0.25, 0.3) is 0 Å². The second-order valence-electron chi connectivity index (χ2n) is 6.88. The van der Waals surface area contributed by atoms with Gasteiger partial charge in [0.2, 0.25) is 5.91 Å². The highest BCUT2D eigenvalue weighted by Gasteiger charge is 2.46. The Morgan fingerprint density at radius 1 is 1.21 bits per heavy atom. The van der Waals surface area contributed by atoms with Crippen LogP contribution in [0.2, 0.25) is 5.02 Å². The summed E-state index contributed by atoms with van der Waals surface area (Å²) in [5.74, 6) is -0.573. The van der Waals surface area contributed by atoms with E-state index in [2.05, 4.69) is 4.99 Å². The molecule has 2 aromatic rings. The summed E-state index contributed by atoms with van der Waals surface area (Å²) in [6.07, 6.45) is 0. The van der Waals surface area contributed by atoms with Gasteiger partial charge in [-0.3, -0.25) is 9.69 Å². The fourth-order valence-corrected chi connectivity index (χ4v) is 4.68. The maximum Gasteiger partial charge on any atom is 0.338 e. The van der Waals surface area contributed by atoms with Crippen LogP contribution in [0.3, 0.4) is 0 Å². The van der Waals surface area contributed by atoms with Gasteiger partial charge in [-0.15, -0.1) is 0 Å². The van der Waals surface area contributed by atoms with E-state index in [4.69, 9.17) is 16.3 Å². The molecule has 0 aliphatic carbocycles. The van der Waals surface area contributed by atoms with E-state index in [0.717, 1.165) is 11.1 Å². The minimum atomic E-state index is -0.616. The van der Waals surface area contributed by atoms with E-state index in [1.807, 2.05) is 49.4 Å². The summed E-state index contributed by atoms with van der Waals surface area (Å²) < 4.78 is 5.59. The van der Waals surface area contributed by atoms with Gasteiger partial charge in [0.15, 0.2) is 5.17 Å². The third kappa shape index (κ3) is 3.82. The van der Waals surface area contributed by atoms with Gasteiger partial charge in [0.1, 0.15) is 6.61 Å². The number of thioether (sulfide) groups is 1. The summed E-state index contributed by atoms with van der Waals surface area (Å²) in [7, 11) is 0. The Kier molecular flexibility index (Phi) is 5.48. The van der Waals surface area contributed by atoms with Crippen molar-refractivity contribution in [3.8, 4) is 0 Å². The zero-order valence-corrected chi connectivity index (χ0v) is 17.5. The number of rotatable bonds is 4. The van der Waals surface area contributed by atoms with Crippen molar-refractivity contribution in [2.75, 3.05) is 0 Å². The zero-order chi connectivity index (χ0) is 20.5. The topological polar surface area (TPSA) is 59.0 Å². The van der Waals surface area contributed by atoms with Crippen molar-refractivity contribution in [3.63, 3.8) is 0 Å². The summed E-state index contributed by atoms with van der Waals surface area (Å²) in [5.41, 5.74) is 2.54. The summed E-state index contributed by atoms with van der Waals surface area (Å²) in [4.78, 5) is 32.1. The van der Waals surface area contributed by atoms with Crippen LogP contribution >= 0.6 is 23.4 Å². The van der Waals surface area contributed by atoms with Crippen molar-refractivity contribution < 1.29 is 14.3 Å². The van der Waals surface area contributed by atoms with Crippen LogP contribution in [-0.2, 0) is 20.9 Å². The van der Waals surface area contributed by atoms with Crippen LogP contribution in [0.1, 0.15) is 31.0 Å². The first-order valence-corrected chi connectivity index (χ1v) is 10.5. The van der Waals surface area contributed by atoms with Crippen LogP contribution in [-0.4, -0.2) is 27.2 Å². The first-order chi connectivity index (χ1) is 14.0. The van der Waals surface area contributed by atoms with Gasteiger partial charge in [0, 0.05) is 5.02 Å². The molecule has 2 aromatic carbocycles. The molecule has 1 saturated heterocycles. The van der Waals surface area contributed by atoms with Gasteiger partial charge in [0.05, 0.1) is 22.6 Å². The maximum atomic E-state index is 13.1. The number of nitrogens with zero attached hydrogens (tertiary/aromatic N) is 2. The lowest BCUT2D eigenvalue weighted by molar-refractivity contribution is -0.141. The second kappa shape index (κ2) is 8.05. The molecular formula is C22H19ClN2O3S. The SMILES string of the molecule is CC1=C(C(=O)OCc2ccccc2)[C@@H](c2cccc(Cl)c2)N2C(=O)[C@@H](C)SC2=N1. The normalized spacial score (nSPS) is 21.1. The number of hydrogen-bond acceptors (Lipinski definition) is 5. The lowest BCUT2D eigenvalue weighted by atomic mass is 9.94. The van der Waals surface area contributed by atoms with E-state index in [9.17, 15) is 9.59 Å². The average Bonchev–Trinajstić information content (AvgIpc) is 2.99. The van der Waals surface area contributed by atoms with Crippen molar-refractivity contribution in [1.29, 1.82) is 0 Å². The molecule has 0 radical (unpaired) electrons. The van der Waals surface area contributed by atoms with Crippen LogP contribution in [0, 0.1) is 0 Å². The summed E-state index contributed by atoms with van der Waals surface area (Å²) in [6.45, 7) is 3.76. The number of fused-ring (bicyclic) bond motifs is 1. The number of benzene rings is 2. The summed E-state index contributed by atoms with van der Waals surface area (Å²) in [5, 5.41) is 0.876. The molecule has 0 spiro atoms. The molecular weight excluding hydrogens is 408 g/mol. The fourth-order valence-electron chi connectivity index (χ4n) is 3.46. The largest absolute Gasteiger partial charge is 0.457 e. The Balaban J connectivity index is 1.72. The molecule has 2 heterocycles. The second-order valence-corrected chi connectivity index (χ2v) is 8.63. The Bertz CT molecular complexity index is 1040. The molecule has 1 amide bonds. The van der Waals surface area contributed by atoms with Gasteiger partial charge in [-0.1, -0.05) is 65.8 Å². The average molecular weight is 427 g/mol. The first-order valence-electron chi connectivity index (χ1n) is 9.21. The molecule has 0 bridgehead atoms. The molecule has 5 nitrogen and oxygen atoms in total. The Morgan fingerprint density at radius 3 is 2.69 bits per heavy atom. The van der Waals surface area contributed by atoms with E-state index in [1.165, 1.54) is 11.8 Å². The molecule has 0 N–H and O–H groups in total. The number of amidine groups is 1. The summed E-state index contributed by atoms with van der Waals surface area (Å²) in [6, 6.07) is 16.1. The number of halogens is 1. The van der Waals surface area contributed by atoms with Crippen LogP contribution in [0.25, 0.3) is 0 Å². The lowest BCUT2D eigenvalue weighted by Gasteiger charge is -2.33. The Labute approximate surface area is 178 Å². The van der Waals surface area contributed by atoms with E-state index >= 15 is 0 Å². The third-order valence-corrected chi connectivity index (χ3v) is 6.14. The number of aliphatic imine (C=N–C) groups is 1. The van der Waals surface area contributed by atoms with E-state index in [-0.39, 0.29) is 17.8 Å². The van der Waals surface area contributed by atoms with E-state index < -0.39 is 12.0 Å². The summed E-state index contributed by atoms with van der Waals surface area (Å²) >= 11 is 7.60. The Hall–Kier alpha value is -2.57. The number of carbonyl (C=O) groups is 2. The molecule has 0 unspecified atom stereocenters. The molecule has 0 aromatic heterocycles. The van der Waals surface area contributed by atoms with Gasteiger partial charge >= 0.3 is 5.97 Å². The van der Waals surface area contributed by atoms with Crippen molar-refractivity contribution in [2.24, 2.45) is 4.99 Å². The highest BCUT2D eigenvalue weighted by molar-refractivity contribution is 8.15. The molecule has 2 atom stereocenters. The van der Waals surface area contributed by atoms with Gasteiger partial charge < -0.3 is 4.74 Å². The maximum absolute atomic E-state index is 13.1. The van der Waals surface area contributed by atoms with Crippen molar-refractivity contribution >= 4 is 40.4 Å². The number of hydrogen-bond donors (Lipinski definition) is 0. The van der Waals surface area contributed by atoms with Gasteiger partial charge in [-0.2, -0.15) is 0 Å². The van der Waals surface area contributed by atoms with Crippen molar-refractivity contribution in [3.05, 3.63) is 82.0 Å². The minimum Gasteiger partial charge on any atom is -0.457 e. The highest BCUT2D eigenvalue weighted by Crippen LogP contribution is 2.43. The minimum absolute atomic E-state index is 0.0837. The van der Waals surface area contributed by atoms with Gasteiger partial charge in [-0.05, 0) is 37.1 Å². The number of amides is 1. The molecule has 7 heteroatoms. The highest BCUT2D eigenvalue weighted by atomic mass is 35.5. The van der Waals surface area contributed by atoms with E-state index in [0.29, 0.717) is 21.5 Å². The van der Waals surface area contributed by atoms with Crippen molar-refractivity contribution in [1.82, 2.24) is 4.90 Å². The number of allylic oxidation sites excluding steroid dienone is 1. The fraction of sp³-hybridized carbons (Fsp3) is 0.227. The molecule has 2 aliphatic rings. The molecule has 0 saturated carbocycles. The number of esters is 1. The number of ether oxygens (including phenoxy) is 1. The van der Waals surface area contributed by atoms with Crippen molar-refractivity contribution in [2.45, 2.75) is 31.7 Å². The number of carbonyl (C=O) groups excluding carboxylic acids is 2. The van der Waals surface area contributed by atoms with Crippen LogP contribution in [0.4, 0.5) is 0 Å². The Morgan fingerprint density at radius 2 is 1.97 bits per heavy atom. The molecule has 4 rings (SSSR count). The molecule has 29 heavy (non-hydrogen) atoms. The standard InChI is InChI=1S/C22H19ClN2O3S/c1-13-18(21(27)28-12-15-7-4-3-5-8-15)19(16-9-6-10-17(23)11-16)25-20(26)14(2)29-22(25)24-13/h3-11,14,19H,12H2,1-2H3/t14-,19-/m1/s1. The predicted octanol–water partition coefficient (Wildman–Crippen LogP) is 4.73. The van der Waals surface area contributed by atoms with Gasteiger partial charge in [-0.25, -0.2) is 9.79 Å². The molecule has 2 aliphatic heterocycles. The van der Waals surface area contributed by atoms with Crippen LogP contribution in [0.15, 0.2) is 70.9 Å². The third-order valence-electron chi connectivity index (χ3n) is 4.86. The van der Waals surface area contributed by atoms with Crippen LogP contribution in [0.5, 0.6) is 0 Å².